The number of nitrogens with one attached hydrogen (secondary N) is 2. The molecule has 0 amide bonds. The van der Waals surface area contributed by atoms with Gasteiger partial charge in [-0.1, -0.05) is 0 Å². The lowest BCUT2D eigenvalue weighted by Crippen LogP contribution is -2.22. The van der Waals surface area contributed by atoms with Crippen molar-refractivity contribution in [3.63, 3.8) is 0 Å². The quantitative estimate of drug-likeness (QED) is 0.769. The molecule has 8 heteroatoms. The fraction of sp³-hybridized carbons (Fsp3) is 0.636. The third-order valence-corrected chi connectivity index (χ3v) is 2.33. The zero-order valence-electron chi connectivity index (χ0n) is 10.9. The van der Waals surface area contributed by atoms with Crippen molar-refractivity contribution in [2.24, 2.45) is 0 Å². The molecule has 0 saturated carbocycles. The SMILES string of the molecule is CNc1nc(NC(C)CC(C)O)cc(C(F)(F)F)n1. The van der Waals surface area contributed by atoms with Crippen LogP contribution in [0.2, 0.25) is 0 Å². The second-order valence-electron chi connectivity index (χ2n) is 4.34. The van der Waals surface area contributed by atoms with Crippen LogP contribution in [0, 0.1) is 0 Å². The number of aliphatic hydroxyl groups excluding tert-OH is 1. The number of rotatable bonds is 5. The van der Waals surface area contributed by atoms with Crippen molar-refractivity contribution in [1.29, 1.82) is 0 Å². The van der Waals surface area contributed by atoms with Gasteiger partial charge in [-0.3, -0.25) is 0 Å². The van der Waals surface area contributed by atoms with Gasteiger partial charge in [0.25, 0.3) is 0 Å². The Morgan fingerprint density at radius 2 is 1.95 bits per heavy atom. The largest absolute Gasteiger partial charge is 0.433 e. The predicted octanol–water partition coefficient (Wildman–Crippen LogP) is 2.11. The van der Waals surface area contributed by atoms with E-state index >= 15 is 0 Å². The van der Waals surface area contributed by atoms with Gasteiger partial charge in [0.2, 0.25) is 5.95 Å². The van der Waals surface area contributed by atoms with Crippen LogP contribution >= 0.6 is 0 Å². The molecule has 0 aromatic carbocycles. The van der Waals surface area contributed by atoms with E-state index < -0.39 is 18.0 Å². The highest BCUT2D eigenvalue weighted by molar-refractivity contribution is 5.43. The molecule has 108 valence electrons. The third-order valence-electron chi connectivity index (χ3n) is 2.33. The minimum Gasteiger partial charge on any atom is -0.393 e. The van der Waals surface area contributed by atoms with Crippen molar-refractivity contribution in [3.8, 4) is 0 Å². The number of nitrogens with zero attached hydrogens (tertiary/aromatic N) is 2. The van der Waals surface area contributed by atoms with Crippen LogP contribution in [-0.4, -0.2) is 34.3 Å². The summed E-state index contributed by atoms with van der Waals surface area (Å²) in [5, 5.41) is 14.5. The van der Waals surface area contributed by atoms with Crippen LogP contribution in [0.5, 0.6) is 0 Å². The van der Waals surface area contributed by atoms with Gasteiger partial charge in [-0.2, -0.15) is 18.2 Å². The number of halogens is 3. The molecule has 0 bridgehead atoms. The van der Waals surface area contributed by atoms with Gasteiger partial charge in [0, 0.05) is 19.2 Å². The first-order chi connectivity index (χ1) is 8.72. The van der Waals surface area contributed by atoms with Crippen molar-refractivity contribution < 1.29 is 18.3 Å². The average molecular weight is 278 g/mol. The highest BCUT2D eigenvalue weighted by Crippen LogP contribution is 2.29. The van der Waals surface area contributed by atoms with Crippen molar-refractivity contribution in [3.05, 3.63) is 11.8 Å². The third kappa shape index (κ3) is 4.90. The van der Waals surface area contributed by atoms with Crippen molar-refractivity contribution >= 4 is 11.8 Å². The van der Waals surface area contributed by atoms with E-state index in [9.17, 15) is 18.3 Å². The molecular formula is C11H17F3N4O. The lowest BCUT2D eigenvalue weighted by Gasteiger charge is -2.17. The van der Waals surface area contributed by atoms with E-state index in [4.69, 9.17) is 0 Å². The van der Waals surface area contributed by atoms with E-state index in [1.54, 1.807) is 13.8 Å². The Morgan fingerprint density at radius 1 is 1.32 bits per heavy atom. The lowest BCUT2D eigenvalue weighted by atomic mass is 10.1. The summed E-state index contributed by atoms with van der Waals surface area (Å²) in [5.41, 5.74) is -1.02. The van der Waals surface area contributed by atoms with Crippen LogP contribution < -0.4 is 10.6 Å². The Morgan fingerprint density at radius 3 is 2.42 bits per heavy atom. The first-order valence-electron chi connectivity index (χ1n) is 5.81. The first kappa shape index (κ1) is 15.5. The van der Waals surface area contributed by atoms with Gasteiger partial charge in [0.15, 0.2) is 5.69 Å². The molecule has 0 aliphatic carbocycles. The number of aliphatic hydroxyl groups is 1. The fourth-order valence-corrected chi connectivity index (χ4v) is 1.60. The molecular weight excluding hydrogens is 261 g/mol. The second kappa shape index (κ2) is 6.05. The van der Waals surface area contributed by atoms with Crippen LogP contribution in [-0.2, 0) is 6.18 Å². The maximum atomic E-state index is 12.6. The smallest absolute Gasteiger partial charge is 0.393 e. The molecule has 1 aromatic rings. The van der Waals surface area contributed by atoms with E-state index in [0.717, 1.165) is 6.07 Å². The highest BCUT2D eigenvalue weighted by atomic mass is 19.4. The maximum Gasteiger partial charge on any atom is 0.433 e. The molecule has 0 saturated heterocycles. The molecule has 1 rings (SSSR count). The Bertz CT molecular complexity index is 423. The zero-order valence-corrected chi connectivity index (χ0v) is 10.9. The Balaban J connectivity index is 2.94. The van der Waals surface area contributed by atoms with Crippen LogP contribution in [0.1, 0.15) is 26.0 Å². The standard InChI is InChI=1S/C11H17F3N4O/c1-6(4-7(2)19)16-9-5-8(11(12,13)14)17-10(15-3)18-9/h5-7,19H,4H2,1-3H3,(H2,15,16,17,18). The van der Waals surface area contributed by atoms with E-state index in [1.165, 1.54) is 7.05 Å². The molecule has 0 spiro atoms. The van der Waals surface area contributed by atoms with Crippen LogP contribution in [0.4, 0.5) is 24.9 Å². The molecule has 1 aromatic heterocycles. The number of anilines is 2. The highest BCUT2D eigenvalue weighted by Gasteiger charge is 2.33. The topological polar surface area (TPSA) is 70.1 Å². The maximum absolute atomic E-state index is 12.6. The zero-order chi connectivity index (χ0) is 14.6. The Kier molecular flexibility index (Phi) is 4.93. The summed E-state index contributed by atoms with van der Waals surface area (Å²) in [7, 11) is 1.44. The fourth-order valence-electron chi connectivity index (χ4n) is 1.60. The van der Waals surface area contributed by atoms with Crippen LogP contribution in [0.3, 0.4) is 0 Å². The molecule has 0 aliphatic heterocycles. The van der Waals surface area contributed by atoms with Crippen LogP contribution in [0.25, 0.3) is 0 Å². The summed E-state index contributed by atoms with van der Waals surface area (Å²) in [6.45, 7) is 3.36. The summed E-state index contributed by atoms with van der Waals surface area (Å²) in [6, 6.07) is 0.639. The van der Waals surface area contributed by atoms with Gasteiger partial charge in [0.05, 0.1) is 6.10 Å². The molecule has 1 heterocycles. The van der Waals surface area contributed by atoms with Gasteiger partial charge < -0.3 is 15.7 Å². The molecule has 19 heavy (non-hydrogen) atoms. The second-order valence-corrected chi connectivity index (χ2v) is 4.34. The van der Waals surface area contributed by atoms with E-state index in [0.29, 0.717) is 6.42 Å². The van der Waals surface area contributed by atoms with Crippen molar-refractivity contribution in [1.82, 2.24) is 9.97 Å². The van der Waals surface area contributed by atoms with E-state index in [2.05, 4.69) is 20.6 Å². The molecule has 0 aliphatic rings. The van der Waals surface area contributed by atoms with Crippen molar-refractivity contribution in [2.45, 2.75) is 38.6 Å². The molecule has 5 nitrogen and oxygen atoms in total. The summed E-state index contributed by atoms with van der Waals surface area (Å²) in [4.78, 5) is 7.25. The van der Waals surface area contributed by atoms with Gasteiger partial charge in [-0.05, 0) is 20.3 Å². The van der Waals surface area contributed by atoms with Gasteiger partial charge >= 0.3 is 6.18 Å². The number of hydrogen-bond acceptors (Lipinski definition) is 5. The number of hydrogen-bond donors (Lipinski definition) is 3. The summed E-state index contributed by atoms with van der Waals surface area (Å²) in [6.07, 6.45) is -4.67. The normalized spacial score (nSPS) is 14.9. The average Bonchev–Trinajstić information content (AvgIpc) is 2.25. The minimum atomic E-state index is -4.53. The Hall–Kier alpha value is -1.57. The molecule has 0 fully saturated rings. The predicted molar refractivity (Wildman–Crippen MR) is 66.0 cm³/mol. The van der Waals surface area contributed by atoms with E-state index in [1.807, 2.05) is 0 Å². The molecule has 2 unspecified atom stereocenters. The minimum absolute atomic E-state index is 0.0693. The summed E-state index contributed by atoms with van der Waals surface area (Å²) < 4.78 is 37.9. The monoisotopic (exact) mass is 278 g/mol. The van der Waals surface area contributed by atoms with Crippen molar-refractivity contribution in [2.75, 3.05) is 17.7 Å². The van der Waals surface area contributed by atoms with Gasteiger partial charge in [-0.25, -0.2) is 4.98 Å². The first-order valence-corrected chi connectivity index (χ1v) is 5.81. The number of alkyl halides is 3. The molecule has 2 atom stereocenters. The van der Waals surface area contributed by atoms with Gasteiger partial charge in [0.1, 0.15) is 5.82 Å². The summed E-state index contributed by atoms with van der Waals surface area (Å²) >= 11 is 0. The summed E-state index contributed by atoms with van der Waals surface area (Å²) in [5.74, 6) is -0.0404. The Labute approximate surface area is 109 Å². The van der Waals surface area contributed by atoms with Gasteiger partial charge in [-0.15, -0.1) is 0 Å². The molecule has 3 N–H and O–H groups in total. The van der Waals surface area contributed by atoms with Crippen LogP contribution in [0.15, 0.2) is 6.07 Å². The molecule has 0 radical (unpaired) electrons. The lowest BCUT2D eigenvalue weighted by molar-refractivity contribution is -0.141. The van der Waals surface area contributed by atoms with E-state index in [-0.39, 0.29) is 17.8 Å². The number of aromatic nitrogens is 2.